The van der Waals surface area contributed by atoms with Crippen molar-refractivity contribution in [2.45, 2.75) is 20.4 Å². The van der Waals surface area contributed by atoms with Crippen molar-refractivity contribution in [3.63, 3.8) is 0 Å². The van der Waals surface area contributed by atoms with E-state index in [1.807, 2.05) is 44.2 Å². The van der Waals surface area contributed by atoms with Crippen molar-refractivity contribution in [2.75, 3.05) is 24.3 Å². The fourth-order valence-corrected chi connectivity index (χ4v) is 3.35. The largest absolute Gasteiger partial charge is 0.494 e. The predicted octanol–water partition coefficient (Wildman–Crippen LogP) is 3.87. The fraction of sp³-hybridized carbons (Fsp3) is 0.273. The monoisotopic (exact) mass is 412 g/mol. The second kappa shape index (κ2) is 10.0. The van der Waals surface area contributed by atoms with E-state index in [-0.39, 0.29) is 11.8 Å². The number of hydrogen-bond acceptors (Lipinski definition) is 5. The first-order chi connectivity index (χ1) is 14.1. The number of carbonyl (C=O) groups is 2. The molecule has 7 heteroatoms. The van der Waals surface area contributed by atoms with Crippen LogP contribution in [0.5, 0.6) is 5.75 Å². The number of carbonyl (C=O) groups excluding carboxylic acids is 2. The lowest BCUT2D eigenvalue weighted by Gasteiger charge is -2.15. The molecule has 0 spiro atoms. The highest BCUT2D eigenvalue weighted by Gasteiger charge is 2.16. The molecule has 0 atom stereocenters. The van der Waals surface area contributed by atoms with Crippen LogP contribution in [0.3, 0.4) is 0 Å². The molecule has 2 amide bonds. The van der Waals surface area contributed by atoms with E-state index in [2.05, 4.69) is 10.6 Å². The molecule has 2 N–H and O–H groups in total. The topological polar surface area (TPSA) is 76.7 Å². The fourth-order valence-electron chi connectivity index (χ4n) is 2.72. The first-order valence-electron chi connectivity index (χ1n) is 9.43. The van der Waals surface area contributed by atoms with Gasteiger partial charge in [-0.2, -0.15) is 0 Å². The summed E-state index contributed by atoms with van der Waals surface area (Å²) in [6.07, 6.45) is 0. The number of hydrogen-bond donors (Lipinski definition) is 2. The first-order valence-corrected chi connectivity index (χ1v) is 10.5. The molecule has 0 unspecified atom stereocenters. The highest BCUT2D eigenvalue weighted by atomic mass is 32.2. The van der Waals surface area contributed by atoms with Crippen molar-refractivity contribution in [3.05, 3.63) is 70.3 Å². The quantitative estimate of drug-likeness (QED) is 0.722. The minimum absolute atomic E-state index is 0.210. The van der Waals surface area contributed by atoms with Gasteiger partial charge in [0.15, 0.2) is 5.76 Å². The highest BCUT2D eigenvalue weighted by Crippen LogP contribution is 2.21. The van der Waals surface area contributed by atoms with Crippen molar-refractivity contribution in [2.24, 2.45) is 0 Å². The van der Waals surface area contributed by atoms with Crippen LogP contribution in [-0.4, -0.2) is 30.8 Å². The molecule has 2 aromatic carbocycles. The molecule has 0 radical (unpaired) electrons. The molecular weight excluding hydrogens is 388 g/mol. The van der Waals surface area contributed by atoms with E-state index in [0.717, 1.165) is 22.6 Å². The summed E-state index contributed by atoms with van der Waals surface area (Å²) in [5.41, 5.74) is 2.90. The van der Waals surface area contributed by atoms with Gasteiger partial charge in [0.05, 0.1) is 13.2 Å². The first kappa shape index (κ1) is 20.8. The van der Waals surface area contributed by atoms with Crippen LogP contribution in [0.25, 0.3) is 0 Å². The third-order valence-corrected chi connectivity index (χ3v) is 5.09. The normalized spacial score (nSPS) is 13.1. The lowest BCUT2D eigenvalue weighted by Crippen LogP contribution is -2.23. The van der Waals surface area contributed by atoms with Crippen molar-refractivity contribution in [3.8, 4) is 5.75 Å². The molecule has 29 heavy (non-hydrogen) atoms. The molecule has 0 bridgehead atoms. The van der Waals surface area contributed by atoms with E-state index < -0.39 is 0 Å². The van der Waals surface area contributed by atoms with Crippen molar-refractivity contribution < 1.29 is 19.1 Å². The Kier molecular flexibility index (Phi) is 7.19. The Balaban J connectivity index is 1.62. The van der Waals surface area contributed by atoms with E-state index in [1.54, 1.807) is 29.3 Å². The molecule has 1 heterocycles. The van der Waals surface area contributed by atoms with Gasteiger partial charge in [-0.1, -0.05) is 18.2 Å². The molecule has 1 aliphatic rings. The van der Waals surface area contributed by atoms with Gasteiger partial charge in [-0.3, -0.25) is 9.59 Å². The summed E-state index contributed by atoms with van der Waals surface area (Å²) in [7, 11) is 0. The average molecular weight is 413 g/mol. The van der Waals surface area contributed by atoms with Gasteiger partial charge in [0.2, 0.25) is 0 Å². The number of rotatable bonds is 7. The van der Waals surface area contributed by atoms with Crippen LogP contribution in [0, 0.1) is 6.92 Å². The second-order valence-corrected chi connectivity index (χ2v) is 7.42. The summed E-state index contributed by atoms with van der Waals surface area (Å²) in [5.74, 6) is 1.41. The Hall–Kier alpha value is -2.93. The molecule has 2 aromatic rings. The van der Waals surface area contributed by atoms with Crippen LogP contribution in [0.15, 0.2) is 53.6 Å². The number of ether oxygens (including phenoxy) is 2. The third kappa shape index (κ3) is 5.77. The number of benzene rings is 2. The van der Waals surface area contributed by atoms with Gasteiger partial charge >= 0.3 is 0 Å². The van der Waals surface area contributed by atoms with Crippen LogP contribution in [0.2, 0.25) is 0 Å². The zero-order chi connectivity index (χ0) is 20.6. The van der Waals surface area contributed by atoms with E-state index in [4.69, 9.17) is 9.47 Å². The van der Waals surface area contributed by atoms with Crippen LogP contribution < -0.4 is 15.4 Å². The van der Waals surface area contributed by atoms with Gasteiger partial charge in [-0.05, 0) is 49.2 Å². The maximum Gasteiger partial charge on any atom is 0.291 e. The number of amides is 2. The molecule has 152 valence electrons. The second-order valence-electron chi connectivity index (χ2n) is 6.44. The Morgan fingerprint density at radius 1 is 1.14 bits per heavy atom. The summed E-state index contributed by atoms with van der Waals surface area (Å²) >= 11 is 1.54. The summed E-state index contributed by atoms with van der Waals surface area (Å²) in [6.45, 7) is 5.34. The maximum absolute atomic E-state index is 12.6. The molecule has 0 saturated carbocycles. The predicted molar refractivity (Wildman–Crippen MR) is 115 cm³/mol. The summed E-state index contributed by atoms with van der Waals surface area (Å²) in [5, 5.41) is 7.44. The number of thioether (sulfide) groups is 1. The molecule has 3 rings (SSSR count). The van der Waals surface area contributed by atoms with E-state index in [0.29, 0.717) is 36.8 Å². The SMILES string of the molecule is CCOc1ccc(CNC(=O)c2ccc(C)c(NC(=O)C3=CSCCO3)c2)cc1. The van der Waals surface area contributed by atoms with Crippen molar-refractivity contribution >= 4 is 29.3 Å². The minimum Gasteiger partial charge on any atom is -0.494 e. The standard InChI is InChI=1S/C22H24N2O4S/c1-3-27-18-8-5-16(6-9-18)13-23-21(25)17-7-4-15(2)19(12-17)24-22(26)20-14-29-11-10-28-20/h4-9,12,14H,3,10-11,13H2,1-2H3,(H,23,25)(H,24,26). The molecular formula is C22H24N2O4S. The van der Waals surface area contributed by atoms with Crippen LogP contribution in [0.4, 0.5) is 5.69 Å². The zero-order valence-corrected chi connectivity index (χ0v) is 17.3. The van der Waals surface area contributed by atoms with Gasteiger partial charge in [-0.25, -0.2) is 0 Å². The summed E-state index contributed by atoms with van der Waals surface area (Å²) in [6, 6.07) is 12.8. The van der Waals surface area contributed by atoms with E-state index in [9.17, 15) is 9.59 Å². The zero-order valence-electron chi connectivity index (χ0n) is 16.5. The third-order valence-electron chi connectivity index (χ3n) is 4.31. The Bertz CT molecular complexity index is 910. The average Bonchev–Trinajstić information content (AvgIpc) is 2.75. The van der Waals surface area contributed by atoms with Gasteiger partial charge in [-0.15, -0.1) is 11.8 Å². The number of aryl methyl sites for hydroxylation is 1. The maximum atomic E-state index is 12.6. The van der Waals surface area contributed by atoms with Crippen molar-refractivity contribution in [1.29, 1.82) is 0 Å². The molecule has 1 aliphatic heterocycles. The van der Waals surface area contributed by atoms with Gasteiger partial charge < -0.3 is 20.1 Å². The molecule has 6 nitrogen and oxygen atoms in total. The summed E-state index contributed by atoms with van der Waals surface area (Å²) in [4.78, 5) is 24.9. The molecule has 0 aliphatic carbocycles. The highest BCUT2D eigenvalue weighted by molar-refractivity contribution is 8.02. The lowest BCUT2D eigenvalue weighted by atomic mass is 10.1. The van der Waals surface area contributed by atoms with Gasteiger partial charge in [0.1, 0.15) is 5.75 Å². The molecule has 0 fully saturated rings. The lowest BCUT2D eigenvalue weighted by molar-refractivity contribution is -0.116. The Labute approximate surface area is 174 Å². The number of nitrogens with one attached hydrogen (secondary N) is 2. The van der Waals surface area contributed by atoms with Crippen LogP contribution in [-0.2, 0) is 16.1 Å². The van der Waals surface area contributed by atoms with Gasteiger partial charge in [0.25, 0.3) is 11.8 Å². The summed E-state index contributed by atoms with van der Waals surface area (Å²) < 4.78 is 10.8. The van der Waals surface area contributed by atoms with Crippen LogP contribution >= 0.6 is 11.8 Å². The van der Waals surface area contributed by atoms with Crippen molar-refractivity contribution in [1.82, 2.24) is 5.32 Å². The molecule has 0 aromatic heterocycles. The Morgan fingerprint density at radius 2 is 1.93 bits per heavy atom. The number of anilines is 1. The van der Waals surface area contributed by atoms with E-state index >= 15 is 0 Å². The smallest absolute Gasteiger partial charge is 0.291 e. The Morgan fingerprint density at radius 3 is 2.62 bits per heavy atom. The van der Waals surface area contributed by atoms with E-state index in [1.165, 1.54) is 0 Å². The van der Waals surface area contributed by atoms with Gasteiger partial charge in [0, 0.05) is 29.0 Å². The minimum atomic E-state index is -0.313. The van der Waals surface area contributed by atoms with Crippen LogP contribution in [0.1, 0.15) is 28.4 Å². The molecule has 0 saturated heterocycles.